The lowest BCUT2D eigenvalue weighted by Crippen LogP contribution is -2.48. The van der Waals surface area contributed by atoms with E-state index in [1.54, 1.807) is 0 Å². The van der Waals surface area contributed by atoms with Crippen molar-refractivity contribution in [3.8, 4) is 0 Å². The van der Waals surface area contributed by atoms with Gasteiger partial charge >= 0.3 is 0 Å². The summed E-state index contributed by atoms with van der Waals surface area (Å²) in [4.78, 5) is 18.9. The highest BCUT2D eigenvalue weighted by molar-refractivity contribution is 5.76. The van der Waals surface area contributed by atoms with E-state index in [4.69, 9.17) is 5.73 Å². The Morgan fingerprint density at radius 2 is 1.89 bits per heavy atom. The van der Waals surface area contributed by atoms with Gasteiger partial charge in [0.2, 0.25) is 5.91 Å². The van der Waals surface area contributed by atoms with Crippen LogP contribution in [0, 0.1) is 0 Å². The summed E-state index contributed by atoms with van der Waals surface area (Å²) in [5, 5.41) is 0. The number of hydrogen-bond acceptors (Lipinski definition) is 4. The maximum absolute atomic E-state index is 12.3. The maximum atomic E-state index is 12.3. The van der Waals surface area contributed by atoms with Gasteiger partial charge in [-0.1, -0.05) is 0 Å². The molecule has 0 aromatic heterocycles. The minimum absolute atomic E-state index is 0.279. The molecule has 1 aliphatic heterocycles. The van der Waals surface area contributed by atoms with Crippen LogP contribution in [0.5, 0.6) is 0 Å². The number of carbonyl (C=O) groups excluding carboxylic acids is 1. The van der Waals surface area contributed by atoms with Crippen molar-refractivity contribution in [2.75, 3.05) is 53.9 Å². The van der Waals surface area contributed by atoms with Gasteiger partial charge in [0.15, 0.2) is 0 Å². The summed E-state index contributed by atoms with van der Waals surface area (Å²) in [5.74, 6) is 0.279. The Bertz CT molecular complexity index is 262. The molecule has 0 aromatic carbocycles. The molecule has 112 valence electrons. The highest BCUT2D eigenvalue weighted by Gasteiger charge is 2.26. The number of carbonyl (C=O) groups is 1. The van der Waals surface area contributed by atoms with E-state index in [1.165, 1.54) is 0 Å². The van der Waals surface area contributed by atoms with Gasteiger partial charge in [0.25, 0.3) is 0 Å². The SMILES string of the molecule is CN(C)CCN(C(=O)CCCN)C1CCN(C)CC1. The Morgan fingerprint density at radius 3 is 2.42 bits per heavy atom. The van der Waals surface area contributed by atoms with Crippen LogP contribution in [0.15, 0.2) is 0 Å². The quantitative estimate of drug-likeness (QED) is 0.718. The summed E-state index contributed by atoms with van der Waals surface area (Å²) in [7, 11) is 6.25. The molecule has 0 atom stereocenters. The van der Waals surface area contributed by atoms with Gasteiger partial charge in [0, 0.05) is 25.6 Å². The molecule has 0 saturated carbocycles. The second-order valence-electron chi connectivity index (χ2n) is 5.82. The molecular weight excluding hydrogens is 240 g/mol. The fraction of sp³-hybridized carbons (Fsp3) is 0.929. The molecule has 1 aliphatic rings. The van der Waals surface area contributed by atoms with Crippen LogP contribution in [0.3, 0.4) is 0 Å². The van der Waals surface area contributed by atoms with Crippen molar-refractivity contribution < 1.29 is 4.79 Å². The van der Waals surface area contributed by atoms with Crippen LogP contribution in [0.25, 0.3) is 0 Å². The Kier molecular flexibility index (Phi) is 7.34. The highest BCUT2D eigenvalue weighted by atomic mass is 16.2. The van der Waals surface area contributed by atoms with Crippen LogP contribution in [0.2, 0.25) is 0 Å². The third kappa shape index (κ3) is 5.89. The average molecular weight is 270 g/mol. The molecular formula is C14H30N4O. The number of nitrogens with zero attached hydrogens (tertiary/aromatic N) is 3. The van der Waals surface area contributed by atoms with Crippen LogP contribution >= 0.6 is 0 Å². The minimum Gasteiger partial charge on any atom is -0.338 e. The molecule has 0 aliphatic carbocycles. The van der Waals surface area contributed by atoms with Gasteiger partial charge in [-0.05, 0) is 60.0 Å². The minimum atomic E-state index is 0.279. The van der Waals surface area contributed by atoms with Crippen molar-refractivity contribution >= 4 is 5.91 Å². The van der Waals surface area contributed by atoms with E-state index in [0.717, 1.165) is 45.4 Å². The van der Waals surface area contributed by atoms with E-state index < -0.39 is 0 Å². The first kappa shape index (κ1) is 16.4. The van der Waals surface area contributed by atoms with Gasteiger partial charge in [0.1, 0.15) is 0 Å². The summed E-state index contributed by atoms with van der Waals surface area (Å²) in [6.45, 7) is 4.55. The number of nitrogens with two attached hydrogens (primary N) is 1. The molecule has 5 heteroatoms. The van der Waals surface area contributed by atoms with Crippen LogP contribution in [0.4, 0.5) is 0 Å². The number of amides is 1. The zero-order valence-electron chi connectivity index (χ0n) is 12.8. The van der Waals surface area contributed by atoms with Crippen molar-refractivity contribution in [2.45, 2.75) is 31.7 Å². The number of rotatable bonds is 7. The third-order valence-corrected chi connectivity index (χ3v) is 3.83. The van der Waals surface area contributed by atoms with Gasteiger partial charge in [-0.25, -0.2) is 0 Å². The lowest BCUT2D eigenvalue weighted by atomic mass is 10.0. The number of likely N-dealkylation sites (N-methyl/N-ethyl adjacent to an activating group) is 1. The number of likely N-dealkylation sites (tertiary alicyclic amines) is 1. The van der Waals surface area contributed by atoms with Crippen LogP contribution in [-0.2, 0) is 4.79 Å². The van der Waals surface area contributed by atoms with E-state index in [-0.39, 0.29) is 5.91 Å². The lowest BCUT2D eigenvalue weighted by Gasteiger charge is -2.38. The summed E-state index contributed by atoms with van der Waals surface area (Å²) in [5.41, 5.74) is 5.51. The first-order chi connectivity index (χ1) is 9.04. The second kappa shape index (κ2) is 8.51. The standard InChI is InChI=1S/C14H30N4O/c1-16(2)11-12-18(14(19)5-4-8-15)13-6-9-17(3)10-7-13/h13H,4-12,15H2,1-3H3. The van der Waals surface area contributed by atoms with Crippen LogP contribution in [-0.4, -0.2) is 80.5 Å². The summed E-state index contributed by atoms with van der Waals surface area (Å²) in [6.07, 6.45) is 3.58. The van der Waals surface area contributed by atoms with Gasteiger partial charge in [-0.3, -0.25) is 4.79 Å². The predicted octanol–water partition coefficient (Wildman–Crippen LogP) is 0.210. The predicted molar refractivity (Wildman–Crippen MR) is 79.1 cm³/mol. The Balaban J connectivity index is 2.54. The molecule has 0 spiro atoms. The molecule has 0 aromatic rings. The molecule has 0 bridgehead atoms. The van der Waals surface area contributed by atoms with E-state index >= 15 is 0 Å². The van der Waals surface area contributed by atoms with Crippen LogP contribution < -0.4 is 5.73 Å². The summed E-state index contributed by atoms with van der Waals surface area (Å²) in [6, 6.07) is 0.418. The fourth-order valence-corrected chi connectivity index (χ4v) is 2.52. The van der Waals surface area contributed by atoms with Gasteiger partial charge < -0.3 is 20.4 Å². The van der Waals surface area contributed by atoms with E-state index in [9.17, 15) is 4.79 Å². The molecule has 1 rings (SSSR count). The van der Waals surface area contributed by atoms with Crippen LogP contribution in [0.1, 0.15) is 25.7 Å². The van der Waals surface area contributed by atoms with Crippen molar-refractivity contribution in [3.63, 3.8) is 0 Å². The van der Waals surface area contributed by atoms with E-state index in [1.807, 2.05) is 0 Å². The number of hydrogen-bond donors (Lipinski definition) is 1. The molecule has 5 nitrogen and oxygen atoms in total. The molecule has 19 heavy (non-hydrogen) atoms. The first-order valence-corrected chi connectivity index (χ1v) is 7.37. The third-order valence-electron chi connectivity index (χ3n) is 3.83. The molecule has 0 unspecified atom stereocenters. The maximum Gasteiger partial charge on any atom is 0.222 e. The molecule has 1 saturated heterocycles. The molecule has 0 radical (unpaired) electrons. The topological polar surface area (TPSA) is 52.8 Å². The van der Waals surface area contributed by atoms with Gasteiger partial charge in [-0.15, -0.1) is 0 Å². The van der Waals surface area contributed by atoms with Crippen molar-refractivity contribution in [3.05, 3.63) is 0 Å². The summed E-state index contributed by atoms with van der Waals surface area (Å²) >= 11 is 0. The largest absolute Gasteiger partial charge is 0.338 e. The Hall–Kier alpha value is -0.650. The van der Waals surface area contributed by atoms with E-state index in [2.05, 4.69) is 35.8 Å². The molecule has 1 amide bonds. The monoisotopic (exact) mass is 270 g/mol. The smallest absolute Gasteiger partial charge is 0.222 e. The average Bonchev–Trinajstić information content (AvgIpc) is 2.38. The Morgan fingerprint density at radius 1 is 1.26 bits per heavy atom. The zero-order valence-corrected chi connectivity index (χ0v) is 12.8. The molecule has 1 fully saturated rings. The van der Waals surface area contributed by atoms with Gasteiger partial charge in [0.05, 0.1) is 0 Å². The Labute approximate surface area is 117 Å². The van der Waals surface area contributed by atoms with Crippen molar-refractivity contribution in [2.24, 2.45) is 5.73 Å². The number of piperidine rings is 1. The highest BCUT2D eigenvalue weighted by Crippen LogP contribution is 2.17. The zero-order chi connectivity index (χ0) is 14.3. The molecule has 1 heterocycles. The normalized spacial score (nSPS) is 17.9. The second-order valence-corrected chi connectivity index (χ2v) is 5.82. The summed E-state index contributed by atoms with van der Waals surface area (Å²) < 4.78 is 0. The van der Waals surface area contributed by atoms with Crippen molar-refractivity contribution in [1.29, 1.82) is 0 Å². The van der Waals surface area contributed by atoms with E-state index in [0.29, 0.717) is 19.0 Å². The first-order valence-electron chi connectivity index (χ1n) is 7.37. The van der Waals surface area contributed by atoms with Gasteiger partial charge in [-0.2, -0.15) is 0 Å². The molecule has 2 N–H and O–H groups in total. The fourth-order valence-electron chi connectivity index (χ4n) is 2.52. The van der Waals surface area contributed by atoms with Crippen molar-refractivity contribution in [1.82, 2.24) is 14.7 Å². The lowest BCUT2D eigenvalue weighted by molar-refractivity contribution is -0.134.